The maximum atomic E-state index is 13.3. The number of benzene rings is 1. The molecule has 158 valence electrons. The van der Waals surface area contributed by atoms with Gasteiger partial charge < -0.3 is 15.4 Å². The summed E-state index contributed by atoms with van der Waals surface area (Å²) >= 11 is 0. The molecule has 2 N–H and O–H groups in total. The summed E-state index contributed by atoms with van der Waals surface area (Å²) in [6, 6.07) is 9.01. The van der Waals surface area contributed by atoms with Gasteiger partial charge in [-0.05, 0) is 51.1 Å². The van der Waals surface area contributed by atoms with Gasteiger partial charge in [-0.2, -0.15) is 18.2 Å². The topological polar surface area (TPSA) is 72.0 Å². The number of halogens is 3. The number of hydrogen-bond donors (Lipinski definition) is 2. The zero-order valence-electron chi connectivity index (χ0n) is 17.0. The van der Waals surface area contributed by atoms with Crippen LogP contribution in [0.2, 0.25) is 0 Å². The van der Waals surface area contributed by atoms with Crippen LogP contribution in [-0.4, -0.2) is 27.6 Å². The fraction of sp³-hybridized carbons (Fsp3) is 0.286. The minimum atomic E-state index is -4.55. The molecule has 0 aliphatic rings. The van der Waals surface area contributed by atoms with Crippen LogP contribution in [0.5, 0.6) is 5.75 Å². The van der Waals surface area contributed by atoms with Crippen molar-refractivity contribution in [2.24, 2.45) is 0 Å². The van der Waals surface area contributed by atoms with E-state index in [0.29, 0.717) is 17.5 Å². The van der Waals surface area contributed by atoms with E-state index in [1.807, 2.05) is 20.8 Å². The maximum absolute atomic E-state index is 13.3. The smallest absolute Gasteiger partial charge is 0.420 e. The van der Waals surface area contributed by atoms with Gasteiger partial charge >= 0.3 is 6.18 Å². The standard InChI is InChI=1S/C21H22F3N5O/c1-20(2,3)29-19-27-16(13-7-9-25-10-8-13)12-18(28-19)26-14-5-6-17(30-4)15(11-14)21(22,23)24/h5-12H,1-4H3,(H2,26,27,28,29). The summed E-state index contributed by atoms with van der Waals surface area (Å²) in [4.78, 5) is 12.9. The van der Waals surface area contributed by atoms with Crippen LogP contribution in [0.1, 0.15) is 26.3 Å². The second-order valence-corrected chi connectivity index (χ2v) is 7.61. The number of nitrogens with zero attached hydrogens (tertiary/aromatic N) is 3. The van der Waals surface area contributed by atoms with Crippen LogP contribution in [0.4, 0.5) is 30.6 Å². The molecule has 0 aliphatic carbocycles. The lowest BCUT2D eigenvalue weighted by atomic mass is 10.1. The third kappa shape index (κ3) is 5.37. The van der Waals surface area contributed by atoms with E-state index < -0.39 is 11.7 Å². The molecular formula is C21H22F3N5O. The van der Waals surface area contributed by atoms with E-state index in [2.05, 4.69) is 25.6 Å². The summed E-state index contributed by atoms with van der Waals surface area (Å²) in [5, 5.41) is 6.14. The largest absolute Gasteiger partial charge is 0.496 e. The van der Waals surface area contributed by atoms with Gasteiger partial charge in [0.1, 0.15) is 11.6 Å². The van der Waals surface area contributed by atoms with Gasteiger partial charge in [-0.1, -0.05) is 0 Å². The molecule has 0 amide bonds. The molecule has 0 unspecified atom stereocenters. The first kappa shape index (κ1) is 21.4. The lowest BCUT2D eigenvalue weighted by Gasteiger charge is -2.21. The van der Waals surface area contributed by atoms with E-state index in [1.54, 1.807) is 30.6 Å². The van der Waals surface area contributed by atoms with Crippen LogP contribution < -0.4 is 15.4 Å². The summed E-state index contributed by atoms with van der Waals surface area (Å²) in [6.07, 6.45) is -1.27. The number of alkyl halides is 3. The Morgan fingerprint density at radius 2 is 1.63 bits per heavy atom. The monoisotopic (exact) mass is 417 g/mol. The van der Waals surface area contributed by atoms with Crippen LogP contribution in [0.15, 0.2) is 48.8 Å². The summed E-state index contributed by atoms with van der Waals surface area (Å²) in [7, 11) is 1.20. The Hall–Kier alpha value is -3.36. The van der Waals surface area contributed by atoms with Gasteiger partial charge in [-0.15, -0.1) is 0 Å². The Morgan fingerprint density at radius 1 is 0.933 bits per heavy atom. The van der Waals surface area contributed by atoms with Gasteiger partial charge in [0.15, 0.2) is 0 Å². The van der Waals surface area contributed by atoms with Crippen LogP contribution in [-0.2, 0) is 6.18 Å². The van der Waals surface area contributed by atoms with E-state index in [4.69, 9.17) is 4.74 Å². The van der Waals surface area contributed by atoms with Gasteiger partial charge in [0.2, 0.25) is 5.95 Å². The molecule has 3 aromatic rings. The van der Waals surface area contributed by atoms with Crippen molar-refractivity contribution in [1.29, 1.82) is 0 Å². The quantitative estimate of drug-likeness (QED) is 0.570. The Morgan fingerprint density at radius 3 is 2.23 bits per heavy atom. The average Bonchev–Trinajstić information content (AvgIpc) is 2.66. The lowest BCUT2D eigenvalue weighted by molar-refractivity contribution is -0.138. The van der Waals surface area contributed by atoms with Crippen molar-refractivity contribution in [3.8, 4) is 17.0 Å². The van der Waals surface area contributed by atoms with Crippen LogP contribution in [0.3, 0.4) is 0 Å². The fourth-order valence-electron chi connectivity index (χ4n) is 2.73. The fourth-order valence-corrected chi connectivity index (χ4v) is 2.73. The van der Waals surface area contributed by atoms with Crippen molar-refractivity contribution < 1.29 is 17.9 Å². The van der Waals surface area contributed by atoms with Gasteiger partial charge in [0.05, 0.1) is 18.4 Å². The van der Waals surface area contributed by atoms with Crippen molar-refractivity contribution in [2.45, 2.75) is 32.5 Å². The molecule has 0 radical (unpaired) electrons. The maximum Gasteiger partial charge on any atom is 0.420 e. The highest BCUT2D eigenvalue weighted by atomic mass is 19.4. The average molecular weight is 417 g/mol. The summed E-state index contributed by atoms with van der Waals surface area (Å²) in [5.41, 5.74) is 0.456. The summed E-state index contributed by atoms with van der Waals surface area (Å²) in [6.45, 7) is 5.88. The summed E-state index contributed by atoms with van der Waals surface area (Å²) in [5.74, 6) is 0.453. The molecule has 9 heteroatoms. The van der Waals surface area contributed by atoms with Gasteiger partial charge in [0.25, 0.3) is 0 Å². The molecule has 0 fully saturated rings. The highest BCUT2D eigenvalue weighted by Crippen LogP contribution is 2.38. The number of hydrogen-bond acceptors (Lipinski definition) is 6. The van der Waals surface area contributed by atoms with E-state index in [1.165, 1.54) is 19.2 Å². The highest BCUT2D eigenvalue weighted by Gasteiger charge is 2.34. The molecule has 2 heterocycles. The third-order valence-corrected chi connectivity index (χ3v) is 3.97. The minimum absolute atomic E-state index is 0.226. The van der Waals surface area contributed by atoms with Crippen molar-refractivity contribution in [3.05, 3.63) is 54.4 Å². The first-order chi connectivity index (χ1) is 14.0. The molecule has 3 rings (SSSR count). The number of methoxy groups -OCH3 is 1. The zero-order valence-corrected chi connectivity index (χ0v) is 17.0. The molecule has 0 aliphatic heterocycles. The normalized spacial score (nSPS) is 11.8. The number of anilines is 3. The number of rotatable bonds is 5. The zero-order chi connectivity index (χ0) is 21.9. The van der Waals surface area contributed by atoms with E-state index in [0.717, 1.165) is 11.6 Å². The van der Waals surface area contributed by atoms with E-state index in [-0.39, 0.29) is 17.0 Å². The molecule has 0 spiro atoms. The molecule has 1 aromatic carbocycles. The first-order valence-corrected chi connectivity index (χ1v) is 9.15. The third-order valence-electron chi connectivity index (χ3n) is 3.97. The number of aromatic nitrogens is 3. The molecule has 6 nitrogen and oxygen atoms in total. The molecule has 0 saturated carbocycles. The number of pyridine rings is 1. The Kier molecular flexibility index (Phi) is 5.82. The summed E-state index contributed by atoms with van der Waals surface area (Å²) < 4.78 is 44.9. The predicted octanol–water partition coefficient (Wildman–Crippen LogP) is 5.52. The first-order valence-electron chi connectivity index (χ1n) is 9.15. The SMILES string of the molecule is COc1ccc(Nc2cc(-c3ccncc3)nc(NC(C)(C)C)n2)cc1C(F)(F)F. The highest BCUT2D eigenvalue weighted by molar-refractivity contribution is 5.68. The second-order valence-electron chi connectivity index (χ2n) is 7.61. The molecule has 0 atom stereocenters. The van der Waals surface area contributed by atoms with Crippen molar-refractivity contribution in [2.75, 3.05) is 17.7 Å². The Labute approximate surface area is 172 Å². The van der Waals surface area contributed by atoms with Crippen molar-refractivity contribution in [3.63, 3.8) is 0 Å². The number of nitrogens with one attached hydrogen (secondary N) is 2. The second kappa shape index (κ2) is 8.17. The van der Waals surface area contributed by atoms with Crippen LogP contribution in [0.25, 0.3) is 11.3 Å². The van der Waals surface area contributed by atoms with Gasteiger partial charge in [0, 0.05) is 35.2 Å². The molecular weight excluding hydrogens is 395 g/mol. The molecule has 0 saturated heterocycles. The van der Waals surface area contributed by atoms with E-state index in [9.17, 15) is 13.2 Å². The van der Waals surface area contributed by atoms with Crippen molar-refractivity contribution in [1.82, 2.24) is 15.0 Å². The molecule has 30 heavy (non-hydrogen) atoms. The lowest BCUT2D eigenvalue weighted by Crippen LogP contribution is -2.27. The molecule has 2 aromatic heterocycles. The number of ether oxygens (including phenoxy) is 1. The van der Waals surface area contributed by atoms with Crippen LogP contribution >= 0.6 is 0 Å². The Bertz CT molecular complexity index is 1020. The Balaban J connectivity index is 2.02. The van der Waals surface area contributed by atoms with Crippen molar-refractivity contribution >= 4 is 17.5 Å². The van der Waals surface area contributed by atoms with Crippen LogP contribution in [0, 0.1) is 0 Å². The predicted molar refractivity (Wildman–Crippen MR) is 110 cm³/mol. The minimum Gasteiger partial charge on any atom is -0.496 e. The van der Waals surface area contributed by atoms with Gasteiger partial charge in [-0.3, -0.25) is 4.98 Å². The molecule has 0 bridgehead atoms. The van der Waals surface area contributed by atoms with Gasteiger partial charge in [-0.25, -0.2) is 4.98 Å². The van der Waals surface area contributed by atoms with E-state index >= 15 is 0 Å².